The van der Waals surface area contributed by atoms with Crippen molar-refractivity contribution in [1.29, 1.82) is 0 Å². The fourth-order valence-corrected chi connectivity index (χ4v) is 3.25. The summed E-state index contributed by atoms with van der Waals surface area (Å²) >= 11 is 1.38. The van der Waals surface area contributed by atoms with Gasteiger partial charge in [-0.25, -0.2) is 9.67 Å². The Labute approximate surface area is 157 Å². The Morgan fingerprint density at radius 2 is 2.04 bits per heavy atom. The third-order valence-electron chi connectivity index (χ3n) is 3.80. The summed E-state index contributed by atoms with van der Waals surface area (Å²) in [4.78, 5) is 28.5. The molecule has 0 aliphatic carbocycles. The van der Waals surface area contributed by atoms with Gasteiger partial charge in [-0.3, -0.25) is 9.59 Å². The van der Waals surface area contributed by atoms with E-state index in [1.165, 1.54) is 22.1 Å². The van der Waals surface area contributed by atoms with Crippen molar-refractivity contribution < 1.29 is 9.21 Å². The molecule has 1 N–H and O–H groups in total. The Kier molecular flexibility index (Phi) is 4.67. The molecule has 4 aromatic rings. The first-order valence-corrected chi connectivity index (χ1v) is 9.08. The van der Waals surface area contributed by atoms with Crippen LogP contribution in [0.15, 0.2) is 69.6 Å². The maximum atomic E-state index is 12.3. The van der Waals surface area contributed by atoms with E-state index in [9.17, 15) is 9.59 Å². The van der Waals surface area contributed by atoms with Gasteiger partial charge in [0.15, 0.2) is 10.9 Å². The Bertz CT molecular complexity index is 1100. The van der Waals surface area contributed by atoms with E-state index >= 15 is 0 Å². The zero-order chi connectivity index (χ0) is 18.6. The van der Waals surface area contributed by atoms with Gasteiger partial charge >= 0.3 is 0 Å². The second-order valence-corrected chi connectivity index (χ2v) is 6.46. The second-order valence-electron chi connectivity index (χ2n) is 5.62. The number of rotatable bonds is 6. The number of nitrogens with one attached hydrogen (secondary N) is 1. The number of hydrogen-bond acceptors (Lipinski definition) is 6. The lowest BCUT2D eigenvalue weighted by molar-refractivity contribution is 0.0947. The maximum absolute atomic E-state index is 12.3. The fraction of sp³-hybridized carbons (Fsp3) is 0.111. The van der Waals surface area contributed by atoms with Crippen LogP contribution in [0.1, 0.15) is 10.5 Å². The average Bonchev–Trinajstić information content (AvgIpc) is 3.43. The van der Waals surface area contributed by atoms with E-state index < -0.39 is 0 Å². The predicted molar refractivity (Wildman–Crippen MR) is 100.0 cm³/mol. The molecule has 0 saturated heterocycles. The lowest BCUT2D eigenvalue weighted by Gasteiger charge is -2.07. The Balaban J connectivity index is 1.39. The van der Waals surface area contributed by atoms with Crippen LogP contribution in [0.25, 0.3) is 16.6 Å². The lowest BCUT2D eigenvalue weighted by atomic mass is 10.3. The highest BCUT2D eigenvalue weighted by atomic mass is 32.1. The topological polar surface area (TPSA) is 95.0 Å². The van der Waals surface area contributed by atoms with Crippen molar-refractivity contribution in [2.75, 3.05) is 6.54 Å². The van der Waals surface area contributed by atoms with Crippen LogP contribution >= 0.6 is 11.3 Å². The molecule has 4 heterocycles. The van der Waals surface area contributed by atoms with Crippen LogP contribution < -0.4 is 10.9 Å². The number of hydrogen-bond donors (Lipinski definition) is 1. The third kappa shape index (κ3) is 3.72. The Morgan fingerprint density at radius 1 is 1.19 bits per heavy atom. The molecule has 8 nitrogen and oxygen atoms in total. The molecule has 0 aromatic carbocycles. The second kappa shape index (κ2) is 7.42. The van der Waals surface area contributed by atoms with Crippen LogP contribution in [0, 0.1) is 0 Å². The van der Waals surface area contributed by atoms with Gasteiger partial charge in [0.2, 0.25) is 0 Å². The summed E-state index contributed by atoms with van der Waals surface area (Å²) in [6.07, 6.45) is 5.28. The summed E-state index contributed by atoms with van der Waals surface area (Å²) in [7, 11) is 0. The SMILES string of the molecule is O=C(NCCn1nc(-c2ccco2)ccc1=O)c1csc(-n2cccc2)n1. The van der Waals surface area contributed by atoms with Crippen molar-refractivity contribution in [2.45, 2.75) is 6.54 Å². The summed E-state index contributed by atoms with van der Waals surface area (Å²) < 4.78 is 8.43. The van der Waals surface area contributed by atoms with Crippen LogP contribution in [0.5, 0.6) is 0 Å². The van der Waals surface area contributed by atoms with Crippen molar-refractivity contribution >= 4 is 17.2 Å². The van der Waals surface area contributed by atoms with Crippen molar-refractivity contribution in [3.05, 3.63) is 76.5 Å². The fourth-order valence-electron chi connectivity index (χ4n) is 2.48. The van der Waals surface area contributed by atoms with Gasteiger partial charge in [-0.15, -0.1) is 11.3 Å². The van der Waals surface area contributed by atoms with E-state index in [4.69, 9.17) is 4.42 Å². The molecule has 0 aliphatic rings. The first kappa shape index (κ1) is 17.0. The predicted octanol–water partition coefficient (Wildman–Crippen LogP) is 2.18. The average molecular weight is 381 g/mol. The van der Waals surface area contributed by atoms with Gasteiger partial charge in [0.05, 0.1) is 12.8 Å². The molecule has 0 bridgehead atoms. The molecular formula is C18H15N5O3S. The maximum Gasteiger partial charge on any atom is 0.270 e. The summed E-state index contributed by atoms with van der Waals surface area (Å²) in [6, 6.07) is 10.3. The summed E-state index contributed by atoms with van der Waals surface area (Å²) in [6.45, 7) is 0.497. The van der Waals surface area contributed by atoms with Crippen LogP contribution in [0.4, 0.5) is 0 Å². The normalized spacial score (nSPS) is 10.8. The van der Waals surface area contributed by atoms with Crippen LogP contribution in [0.3, 0.4) is 0 Å². The Morgan fingerprint density at radius 3 is 2.81 bits per heavy atom. The molecule has 1 amide bonds. The molecule has 9 heteroatoms. The van der Waals surface area contributed by atoms with E-state index in [1.807, 2.05) is 29.1 Å². The minimum absolute atomic E-state index is 0.244. The van der Waals surface area contributed by atoms with Crippen molar-refractivity contribution in [3.8, 4) is 16.6 Å². The largest absolute Gasteiger partial charge is 0.463 e. The number of aromatic nitrogens is 4. The number of amides is 1. The summed E-state index contributed by atoms with van der Waals surface area (Å²) in [5.74, 6) is 0.285. The van der Waals surface area contributed by atoms with E-state index in [-0.39, 0.29) is 24.6 Å². The minimum atomic E-state index is -0.292. The molecule has 0 fully saturated rings. The molecular weight excluding hydrogens is 366 g/mol. The molecule has 0 aliphatic heterocycles. The monoisotopic (exact) mass is 381 g/mol. The zero-order valence-electron chi connectivity index (χ0n) is 14.1. The van der Waals surface area contributed by atoms with Crippen molar-refractivity contribution in [2.24, 2.45) is 0 Å². The van der Waals surface area contributed by atoms with Crippen molar-refractivity contribution in [3.63, 3.8) is 0 Å². The standard InChI is InChI=1S/C18H15N5O3S/c24-16-6-5-13(15-4-3-11-26-15)21-23(16)10-7-19-17(25)14-12-27-18(20-14)22-8-1-2-9-22/h1-6,8-9,11-12H,7,10H2,(H,19,25). The van der Waals surface area contributed by atoms with Crippen molar-refractivity contribution in [1.82, 2.24) is 24.6 Å². The van der Waals surface area contributed by atoms with Gasteiger partial charge in [-0.05, 0) is 30.3 Å². The first-order chi connectivity index (χ1) is 13.2. The van der Waals surface area contributed by atoms with Gasteiger partial charge in [-0.1, -0.05) is 0 Å². The Hall–Kier alpha value is -3.46. The first-order valence-electron chi connectivity index (χ1n) is 8.20. The molecule has 4 rings (SSSR count). The summed E-state index contributed by atoms with van der Waals surface area (Å²) in [5.41, 5.74) is 0.651. The van der Waals surface area contributed by atoms with Crippen LogP contribution in [-0.4, -0.2) is 31.8 Å². The van der Waals surface area contributed by atoms with E-state index in [2.05, 4.69) is 15.4 Å². The summed E-state index contributed by atoms with van der Waals surface area (Å²) in [5, 5.41) is 9.44. The van der Waals surface area contributed by atoms with Gasteiger partial charge in [0.1, 0.15) is 11.4 Å². The minimum Gasteiger partial charge on any atom is -0.463 e. The highest BCUT2D eigenvalue weighted by molar-refractivity contribution is 7.12. The third-order valence-corrected chi connectivity index (χ3v) is 4.65. The molecule has 136 valence electrons. The van der Waals surface area contributed by atoms with Gasteiger partial charge in [-0.2, -0.15) is 5.10 Å². The lowest BCUT2D eigenvalue weighted by Crippen LogP contribution is -2.32. The number of thiazole rings is 1. The smallest absolute Gasteiger partial charge is 0.270 e. The molecule has 4 aromatic heterocycles. The zero-order valence-corrected chi connectivity index (χ0v) is 14.9. The number of carbonyl (C=O) groups excluding carboxylic acids is 1. The quantitative estimate of drug-likeness (QED) is 0.552. The molecule has 0 saturated carbocycles. The molecule has 0 atom stereocenters. The highest BCUT2D eigenvalue weighted by Crippen LogP contribution is 2.16. The number of carbonyl (C=O) groups is 1. The molecule has 0 radical (unpaired) electrons. The molecule has 0 unspecified atom stereocenters. The molecule has 0 spiro atoms. The van der Waals surface area contributed by atoms with E-state index in [0.29, 0.717) is 22.3 Å². The number of furan rings is 1. The van der Waals surface area contributed by atoms with Gasteiger partial charge < -0.3 is 14.3 Å². The highest BCUT2D eigenvalue weighted by Gasteiger charge is 2.11. The van der Waals surface area contributed by atoms with Crippen LogP contribution in [0.2, 0.25) is 0 Å². The van der Waals surface area contributed by atoms with E-state index in [0.717, 1.165) is 0 Å². The van der Waals surface area contributed by atoms with Crippen LogP contribution in [-0.2, 0) is 6.54 Å². The van der Waals surface area contributed by atoms with Gasteiger partial charge in [0, 0.05) is 30.4 Å². The van der Waals surface area contributed by atoms with Gasteiger partial charge in [0.25, 0.3) is 11.5 Å². The number of nitrogens with zero attached hydrogens (tertiary/aromatic N) is 4. The van der Waals surface area contributed by atoms with E-state index in [1.54, 1.807) is 29.8 Å². The molecule has 27 heavy (non-hydrogen) atoms.